The van der Waals surface area contributed by atoms with Crippen LogP contribution >= 0.6 is 0 Å². The summed E-state index contributed by atoms with van der Waals surface area (Å²) in [6.45, 7) is 2.03. The number of carbonyl (C=O) groups is 2. The number of tetrazole rings is 1. The maximum atomic E-state index is 13.2. The molecule has 0 aliphatic carbocycles. The number of anilines is 2. The first-order valence-electron chi connectivity index (χ1n) is 11.7. The SMILES string of the molecule is Cc1ccc(-c2ccccc2C(=O)Nc2ccc(C(=O)N(C)c3ccccc3-c3nnn[nH]3)cc2)cc1. The number of aromatic nitrogens is 4. The second-order valence-corrected chi connectivity index (χ2v) is 8.57. The number of amides is 2. The summed E-state index contributed by atoms with van der Waals surface area (Å²) in [5, 5.41) is 16.9. The Morgan fingerprint density at radius 1 is 0.811 bits per heavy atom. The lowest BCUT2D eigenvalue weighted by atomic mass is 9.98. The van der Waals surface area contributed by atoms with Crippen LogP contribution in [0.15, 0.2) is 97.1 Å². The normalized spacial score (nSPS) is 10.6. The van der Waals surface area contributed by atoms with Gasteiger partial charge < -0.3 is 10.2 Å². The molecule has 182 valence electrons. The van der Waals surface area contributed by atoms with E-state index in [0.717, 1.165) is 16.7 Å². The van der Waals surface area contributed by atoms with E-state index in [0.29, 0.717) is 33.9 Å². The highest BCUT2D eigenvalue weighted by Crippen LogP contribution is 2.29. The van der Waals surface area contributed by atoms with E-state index < -0.39 is 0 Å². The minimum Gasteiger partial charge on any atom is -0.322 e. The second-order valence-electron chi connectivity index (χ2n) is 8.57. The quantitative estimate of drug-likeness (QED) is 0.334. The molecule has 0 saturated carbocycles. The number of benzene rings is 4. The first-order valence-corrected chi connectivity index (χ1v) is 11.7. The first-order chi connectivity index (χ1) is 18.0. The molecule has 2 N–H and O–H groups in total. The number of nitrogens with zero attached hydrogens (tertiary/aromatic N) is 4. The first kappa shape index (κ1) is 23.6. The van der Waals surface area contributed by atoms with Crippen molar-refractivity contribution in [2.45, 2.75) is 6.92 Å². The van der Waals surface area contributed by atoms with E-state index in [1.807, 2.05) is 73.7 Å². The fraction of sp³-hybridized carbons (Fsp3) is 0.0690. The highest BCUT2D eigenvalue weighted by atomic mass is 16.2. The summed E-state index contributed by atoms with van der Waals surface area (Å²) in [6.07, 6.45) is 0. The third-order valence-electron chi connectivity index (χ3n) is 6.09. The van der Waals surface area contributed by atoms with E-state index in [2.05, 4.69) is 25.9 Å². The van der Waals surface area contributed by atoms with Crippen LogP contribution in [-0.4, -0.2) is 39.5 Å². The molecule has 0 atom stereocenters. The van der Waals surface area contributed by atoms with Gasteiger partial charge in [0.1, 0.15) is 0 Å². The molecule has 5 aromatic rings. The third-order valence-corrected chi connectivity index (χ3v) is 6.09. The molecule has 0 unspecified atom stereocenters. The van der Waals surface area contributed by atoms with Crippen LogP contribution in [-0.2, 0) is 0 Å². The Bertz CT molecular complexity index is 1540. The lowest BCUT2D eigenvalue weighted by Gasteiger charge is -2.20. The molecule has 2 amide bonds. The topological polar surface area (TPSA) is 104 Å². The van der Waals surface area contributed by atoms with E-state index in [1.54, 1.807) is 42.3 Å². The van der Waals surface area contributed by atoms with Gasteiger partial charge in [-0.1, -0.05) is 60.2 Å². The van der Waals surface area contributed by atoms with E-state index in [4.69, 9.17) is 0 Å². The van der Waals surface area contributed by atoms with Crippen molar-refractivity contribution in [2.75, 3.05) is 17.3 Å². The molecule has 0 aliphatic heterocycles. The summed E-state index contributed by atoms with van der Waals surface area (Å²) < 4.78 is 0. The fourth-order valence-corrected chi connectivity index (χ4v) is 4.10. The van der Waals surface area contributed by atoms with Crippen molar-refractivity contribution in [1.82, 2.24) is 20.6 Å². The van der Waals surface area contributed by atoms with Crippen molar-refractivity contribution < 1.29 is 9.59 Å². The number of hydrogen-bond acceptors (Lipinski definition) is 5. The van der Waals surface area contributed by atoms with Gasteiger partial charge in [0, 0.05) is 29.4 Å². The maximum Gasteiger partial charge on any atom is 0.258 e. The number of para-hydroxylation sites is 1. The summed E-state index contributed by atoms with van der Waals surface area (Å²) in [6, 6.07) is 29.8. The van der Waals surface area contributed by atoms with Gasteiger partial charge in [-0.3, -0.25) is 9.59 Å². The lowest BCUT2D eigenvalue weighted by Crippen LogP contribution is -2.26. The zero-order valence-electron chi connectivity index (χ0n) is 20.3. The van der Waals surface area contributed by atoms with Crippen LogP contribution in [0.25, 0.3) is 22.5 Å². The van der Waals surface area contributed by atoms with Gasteiger partial charge in [-0.15, -0.1) is 5.10 Å². The molecule has 0 radical (unpaired) electrons. The lowest BCUT2D eigenvalue weighted by molar-refractivity contribution is 0.0991. The smallest absolute Gasteiger partial charge is 0.258 e. The Balaban J connectivity index is 1.33. The molecular weight excluding hydrogens is 464 g/mol. The van der Waals surface area contributed by atoms with Gasteiger partial charge in [0.25, 0.3) is 11.8 Å². The average molecular weight is 489 g/mol. The van der Waals surface area contributed by atoms with Crippen LogP contribution in [0.3, 0.4) is 0 Å². The Kier molecular flexibility index (Phi) is 6.54. The van der Waals surface area contributed by atoms with Gasteiger partial charge in [0.05, 0.1) is 5.69 Å². The summed E-state index contributed by atoms with van der Waals surface area (Å²) >= 11 is 0. The zero-order chi connectivity index (χ0) is 25.8. The third kappa shape index (κ3) is 4.99. The number of aryl methyl sites for hydroxylation is 1. The van der Waals surface area contributed by atoms with Crippen LogP contribution in [0.1, 0.15) is 26.3 Å². The summed E-state index contributed by atoms with van der Waals surface area (Å²) in [7, 11) is 1.70. The number of nitrogens with one attached hydrogen (secondary N) is 2. The summed E-state index contributed by atoms with van der Waals surface area (Å²) in [5.74, 6) is 0.0451. The van der Waals surface area contributed by atoms with Crippen molar-refractivity contribution in [3.8, 4) is 22.5 Å². The van der Waals surface area contributed by atoms with E-state index in [9.17, 15) is 9.59 Å². The van der Waals surface area contributed by atoms with Crippen molar-refractivity contribution in [2.24, 2.45) is 0 Å². The van der Waals surface area contributed by atoms with Crippen molar-refractivity contribution in [1.29, 1.82) is 0 Å². The van der Waals surface area contributed by atoms with Crippen LogP contribution in [0.4, 0.5) is 11.4 Å². The highest BCUT2D eigenvalue weighted by molar-refractivity contribution is 6.10. The molecule has 8 nitrogen and oxygen atoms in total. The van der Waals surface area contributed by atoms with E-state index in [-0.39, 0.29) is 11.8 Å². The zero-order valence-corrected chi connectivity index (χ0v) is 20.3. The molecule has 5 rings (SSSR count). The number of aromatic amines is 1. The summed E-state index contributed by atoms with van der Waals surface area (Å²) in [5.41, 5.74) is 6.00. The minimum atomic E-state index is -0.220. The molecule has 37 heavy (non-hydrogen) atoms. The Morgan fingerprint density at radius 2 is 1.49 bits per heavy atom. The maximum absolute atomic E-state index is 13.2. The molecule has 8 heteroatoms. The van der Waals surface area contributed by atoms with Gasteiger partial charge >= 0.3 is 0 Å². The van der Waals surface area contributed by atoms with Gasteiger partial charge in [-0.2, -0.15) is 0 Å². The van der Waals surface area contributed by atoms with Crippen LogP contribution in [0.5, 0.6) is 0 Å². The molecular formula is C29H24N6O2. The van der Waals surface area contributed by atoms with Crippen molar-refractivity contribution >= 4 is 23.2 Å². The molecule has 4 aromatic carbocycles. The van der Waals surface area contributed by atoms with Gasteiger partial charge in [-0.05, 0) is 70.9 Å². The molecule has 0 saturated heterocycles. The number of carbonyl (C=O) groups excluding carboxylic acids is 2. The predicted octanol–water partition coefficient (Wildman–Crippen LogP) is 5.37. The number of rotatable bonds is 6. The molecule has 0 fully saturated rings. The van der Waals surface area contributed by atoms with Gasteiger partial charge in [0.15, 0.2) is 5.82 Å². The fourth-order valence-electron chi connectivity index (χ4n) is 4.10. The minimum absolute atomic E-state index is 0.206. The monoisotopic (exact) mass is 488 g/mol. The Hall–Kier alpha value is -5.11. The number of hydrogen-bond donors (Lipinski definition) is 2. The average Bonchev–Trinajstić information content (AvgIpc) is 3.48. The van der Waals surface area contributed by atoms with Crippen molar-refractivity contribution in [3.63, 3.8) is 0 Å². The summed E-state index contributed by atoms with van der Waals surface area (Å²) in [4.78, 5) is 27.9. The van der Waals surface area contributed by atoms with E-state index in [1.165, 1.54) is 0 Å². The predicted molar refractivity (Wildman–Crippen MR) is 143 cm³/mol. The van der Waals surface area contributed by atoms with Crippen LogP contribution in [0, 0.1) is 6.92 Å². The largest absolute Gasteiger partial charge is 0.322 e. The molecule has 0 spiro atoms. The molecule has 1 heterocycles. The Labute approximate surface area is 214 Å². The second kappa shape index (κ2) is 10.2. The Morgan fingerprint density at radius 3 is 2.19 bits per heavy atom. The van der Waals surface area contributed by atoms with Crippen LogP contribution < -0.4 is 10.2 Å². The van der Waals surface area contributed by atoms with Gasteiger partial charge in [-0.25, -0.2) is 5.10 Å². The van der Waals surface area contributed by atoms with E-state index >= 15 is 0 Å². The molecule has 0 bridgehead atoms. The standard InChI is InChI=1S/C29H24N6O2/c1-19-11-13-20(14-12-19)23-7-3-4-8-24(23)28(36)30-22-17-15-21(16-18-22)29(37)35(2)26-10-6-5-9-25(26)27-31-33-34-32-27/h3-18H,1-2H3,(H,30,36)(H,31,32,33,34). The highest BCUT2D eigenvalue weighted by Gasteiger charge is 2.19. The van der Waals surface area contributed by atoms with Crippen molar-refractivity contribution in [3.05, 3.63) is 114 Å². The molecule has 0 aliphatic rings. The molecule has 1 aromatic heterocycles. The van der Waals surface area contributed by atoms with Crippen LogP contribution in [0.2, 0.25) is 0 Å². The van der Waals surface area contributed by atoms with Gasteiger partial charge in [0.2, 0.25) is 0 Å². The number of H-pyrrole nitrogens is 1.